The van der Waals surface area contributed by atoms with Gasteiger partial charge in [-0.05, 0) is 43.4 Å². The molecule has 0 aromatic heterocycles. The van der Waals surface area contributed by atoms with Gasteiger partial charge in [-0.2, -0.15) is 0 Å². The summed E-state index contributed by atoms with van der Waals surface area (Å²) in [6.07, 6.45) is 3.75. The summed E-state index contributed by atoms with van der Waals surface area (Å²) in [5.74, 6) is 1.28. The maximum Gasteiger partial charge on any atom is 0.305 e. The van der Waals surface area contributed by atoms with Crippen LogP contribution >= 0.6 is 0 Å². The third-order valence-electron chi connectivity index (χ3n) is 3.57. The maximum absolute atomic E-state index is 11.1. The van der Waals surface area contributed by atoms with E-state index in [1.54, 1.807) is 0 Å². The molecule has 1 saturated carbocycles. The molecule has 0 spiro atoms. The van der Waals surface area contributed by atoms with Gasteiger partial charge in [0.15, 0.2) is 0 Å². The fourth-order valence-corrected chi connectivity index (χ4v) is 2.41. The van der Waals surface area contributed by atoms with E-state index in [4.69, 9.17) is 4.74 Å². The molecule has 1 rings (SSSR count). The molecule has 0 saturated heterocycles. The van der Waals surface area contributed by atoms with Crippen LogP contribution in [0, 0.1) is 17.3 Å². The van der Waals surface area contributed by atoms with Crippen LogP contribution in [-0.4, -0.2) is 23.8 Å². The van der Waals surface area contributed by atoms with Crippen LogP contribution in [0.3, 0.4) is 0 Å². The summed E-state index contributed by atoms with van der Waals surface area (Å²) in [6, 6.07) is 0. The van der Waals surface area contributed by atoms with E-state index in [0.29, 0.717) is 18.3 Å². The van der Waals surface area contributed by atoms with Crippen LogP contribution in [0.1, 0.15) is 53.4 Å². The number of ether oxygens (including phenoxy) is 1. The van der Waals surface area contributed by atoms with Gasteiger partial charge in [-0.1, -0.05) is 20.8 Å². The standard InChI is InChI=1S/C14H26O3/c1-5-13(16)17-10(2)6-11-7-12(11)8-14(3,4)9-15/h10-12,15H,5-9H2,1-4H3/t10?,11?,12-/m1/s1. The summed E-state index contributed by atoms with van der Waals surface area (Å²) < 4.78 is 5.27. The van der Waals surface area contributed by atoms with Gasteiger partial charge in [0.1, 0.15) is 0 Å². The monoisotopic (exact) mass is 242 g/mol. The van der Waals surface area contributed by atoms with Gasteiger partial charge in [-0.15, -0.1) is 0 Å². The number of hydrogen-bond donors (Lipinski definition) is 1. The number of aliphatic hydroxyl groups excluding tert-OH is 1. The van der Waals surface area contributed by atoms with Crippen LogP contribution in [0.4, 0.5) is 0 Å². The molecule has 0 heterocycles. The molecular weight excluding hydrogens is 216 g/mol. The molecule has 1 N–H and O–H groups in total. The molecule has 0 bridgehead atoms. The lowest BCUT2D eigenvalue weighted by atomic mass is 9.87. The average Bonchev–Trinajstić information content (AvgIpc) is 2.94. The molecule has 0 aromatic rings. The van der Waals surface area contributed by atoms with Gasteiger partial charge in [0.05, 0.1) is 6.10 Å². The van der Waals surface area contributed by atoms with Crippen LogP contribution in [0.2, 0.25) is 0 Å². The molecule has 2 unspecified atom stereocenters. The highest BCUT2D eigenvalue weighted by Crippen LogP contribution is 2.48. The summed E-state index contributed by atoms with van der Waals surface area (Å²) in [5.41, 5.74) is 0.0305. The Morgan fingerprint density at radius 3 is 2.65 bits per heavy atom. The van der Waals surface area contributed by atoms with Gasteiger partial charge in [0.25, 0.3) is 0 Å². The van der Waals surface area contributed by atoms with E-state index in [-0.39, 0.29) is 24.1 Å². The number of carbonyl (C=O) groups excluding carboxylic acids is 1. The van der Waals surface area contributed by atoms with Crippen molar-refractivity contribution in [1.82, 2.24) is 0 Å². The summed E-state index contributed by atoms with van der Waals surface area (Å²) in [6.45, 7) is 8.24. The highest BCUT2D eigenvalue weighted by molar-refractivity contribution is 5.69. The first-order valence-corrected chi connectivity index (χ1v) is 6.68. The van der Waals surface area contributed by atoms with E-state index < -0.39 is 0 Å². The minimum Gasteiger partial charge on any atom is -0.463 e. The largest absolute Gasteiger partial charge is 0.463 e. The van der Waals surface area contributed by atoms with E-state index in [2.05, 4.69) is 13.8 Å². The Hall–Kier alpha value is -0.570. The van der Waals surface area contributed by atoms with Gasteiger partial charge < -0.3 is 9.84 Å². The van der Waals surface area contributed by atoms with Gasteiger partial charge in [-0.25, -0.2) is 0 Å². The predicted octanol–water partition coefficient (Wildman–Crippen LogP) is 2.76. The van der Waals surface area contributed by atoms with E-state index in [1.165, 1.54) is 6.42 Å². The smallest absolute Gasteiger partial charge is 0.305 e. The fraction of sp³-hybridized carbons (Fsp3) is 0.929. The lowest BCUT2D eigenvalue weighted by molar-refractivity contribution is -0.148. The second-order valence-corrected chi connectivity index (χ2v) is 6.17. The van der Waals surface area contributed by atoms with Crippen molar-refractivity contribution in [3.63, 3.8) is 0 Å². The van der Waals surface area contributed by atoms with Crippen LogP contribution in [0.25, 0.3) is 0 Å². The molecule has 3 heteroatoms. The first kappa shape index (κ1) is 14.5. The average molecular weight is 242 g/mol. The Morgan fingerprint density at radius 2 is 2.12 bits per heavy atom. The highest BCUT2D eigenvalue weighted by atomic mass is 16.5. The first-order chi connectivity index (χ1) is 7.88. The maximum atomic E-state index is 11.1. The molecular formula is C14H26O3. The van der Waals surface area contributed by atoms with E-state index in [0.717, 1.165) is 12.8 Å². The molecule has 100 valence electrons. The molecule has 0 aromatic carbocycles. The summed E-state index contributed by atoms with van der Waals surface area (Å²) in [7, 11) is 0. The molecule has 3 atom stereocenters. The summed E-state index contributed by atoms with van der Waals surface area (Å²) >= 11 is 0. The van der Waals surface area contributed by atoms with Crippen molar-refractivity contribution in [2.75, 3.05) is 6.61 Å². The van der Waals surface area contributed by atoms with Gasteiger partial charge in [-0.3, -0.25) is 4.79 Å². The number of rotatable bonds is 7. The first-order valence-electron chi connectivity index (χ1n) is 6.68. The quantitative estimate of drug-likeness (QED) is 0.698. The lowest BCUT2D eigenvalue weighted by Gasteiger charge is -2.21. The third-order valence-corrected chi connectivity index (χ3v) is 3.57. The third kappa shape index (κ3) is 5.07. The van der Waals surface area contributed by atoms with Gasteiger partial charge in [0.2, 0.25) is 0 Å². The Balaban J connectivity index is 2.22. The second-order valence-electron chi connectivity index (χ2n) is 6.17. The summed E-state index contributed by atoms with van der Waals surface area (Å²) in [4.78, 5) is 11.1. The lowest BCUT2D eigenvalue weighted by Crippen LogP contribution is -2.18. The van der Waals surface area contributed by atoms with Crippen molar-refractivity contribution in [2.24, 2.45) is 17.3 Å². The minimum atomic E-state index is -0.106. The Morgan fingerprint density at radius 1 is 1.47 bits per heavy atom. The normalized spacial score (nSPS) is 25.5. The minimum absolute atomic E-state index is 0.0305. The molecule has 17 heavy (non-hydrogen) atoms. The number of hydrogen-bond acceptors (Lipinski definition) is 3. The summed E-state index contributed by atoms with van der Waals surface area (Å²) in [5, 5.41) is 9.22. The molecule has 0 radical (unpaired) electrons. The number of esters is 1. The Labute approximate surface area is 105 Å². The van der Waals surface area contributed by atoms with Crippen molar-refractivity contribution >= 4 is 5.97 Å². The van der Waals surface area contributed by atoms with Crippen LogP contribution in [-0.2, 0) is 9.53 Å². The van der Waals surface area contributed by atoms with E-state index in [1.807, 2.05) is 13.8 Å². The predicted molar refractivity (Wildman–Crippen MR) is 67.5 cm³/mol. The van der Waals surface area contributed by atoms with Crippen molar-refractivity contribution in [1.29, 1.82) is 0 Å². The van der Waals surface area contributed by atoms with Crippen molar-refractivity contribution in [3.05, 3.63) is 0 Å². The number of aliphatic hydroxyl groups is 1. The van der Waals surface area contributed by atoms with Crippen LogP contribution < -0.4 is 0 Å². The zero-order valence-corrected chi connectivity index (χ0v) is 11.5. The second kappa shape index (κ2) is 5.85. The molecule has 1 aliphatic rings. The van der Waals surface area contributed by atoms with Crippen LogP contribution in [0.5, 0.6) is 0 Å². The zero-order valence-electron chi connectivity index (χ0n) is 11.5. The Bertz CT molecular complexity index is 260. The van der Waals surface area contributed by atoms with Crippen molar-refractivity contribution in [2.45, 2.75) is 59.5 Å². The Kier molecular flexibility index (Phi) is 4.99. The zero-order chi connectivity index (χ0) is 13.1. The van der Waals surface area contributed by atoms with E-state index in [9.17, 15) is 9.90 Å². The number of carbonyl (C=O) groups is 1. The van der Waals surface area contributed by atoms with Crippen molar-refractivity contribution < 1.29 is 14.6 Å². The van der Waals surface area contributed by atoms with Crippen molar-refractivity contribution in [3.8, 4) is 0 Å². The topological polar surface area (TPSA) is 46.5 Å². The van der Waals surface area contributed by atoms with Gasteiger partial charge in [0, 0.05) is 13.0 Å². The molecule has 1 fully saturated rings. The molecule has 1 aliphatic carbocycles. The SMILES string of the molecule is CCC(=O)OC(C)CC1C[C@@H]1CC(C)(C)CO. The van der Waals surface area contributed by atoms with E-state index >= 15 is 0 Å². The molecule has 0 amide bonds. The highest BCUT2D eigenvalue weighted by Gasteiger charge is 2.41. The van der Waals surface area contributed by atoms with Crippen LogP contribution in [0.15, 0.2) is 0 Å². The fourth-order valence-electron chi connectivity index (χ4n) is 2.41. The van der Waals surface area contributed by atoms with Gasteiger partial charge >= 0.3 is 5.97 Å². The molecule has 0 aliphatic heterocycles. The molecule has 3 nitrogen and oxygen atoms in total.